The van der Waals surface area contributed by atoms with Gasteiger partial charge in [-0.2, -0.15) is 0 Å². The second kappa shape index (κ2) is 8.99. The number of aliphatic hydroxyl groups is 1. The van der Waals surface area contributed by atoms with Gasteiger partial charge in [0.1, 0.15) is 11.6 Å². The van der Waals surface area contributed by atoms with Gasteiger partial charge < -0.3 is 10.8 Å². The number of carbonyl (C=O) groups excluding carboxylic acids is 1. The van der Waals surface area contributed by atoms with E-state index in [9.17, 15) is 27.5 Å². The molecule has 1 aliphatic rings. The van der Waals surface area contributed by atoms with E-state index in [2.05, 4.69) is 0 Å². The van der Waals surface area contributed by atoms with Gasteiger partial charge in [0.15, 0.2) is 0 Å². The minimum absolute atomic E-state index is 0.0357. The maximum absolute atomic E-state index is 13.3. The third kappa shape index (κ3) is 6.15. The molecular weight excluding hydrogens is 368 g/mol. The van der Waals surface area contributed by atoms with Gasteiger partial charge >= 0.3 is 0 Å². The van der Waals surface area contributed by atoms with Gasteiger partial charge in [0, 0.05) is 30.9 Å². The minimum atomic E-state index is -2.77. The predicted molar refractivity (Wildman–Crippen MR) is 89.0 cm³/mol. The van der Waals surface area contributed by atoms with Gasteiger partial charge in [-0.3, -0.25) is 10.0 Å². The van der Waals surface area contributed by atoms with E-state index in [1.807, 2.05) is 0 Å². The molecule has 0 bridgehead atoms. The Bertz CT molecular complexity index is 629. The molecule has 9 heteroatoms. The molecule has 5 nitrogen and oxygen atoms in total. The molecule has 0 heterocycles. The molecule has 1 aromatic rings. The molecule has 1 fully saturated rings. The Hall–Kier alpha value is -1.71. The van der Waals surface area contributed by atoms with Gasteiger partial charge in [0.2, 0.25) is 11.8 Å². The summed E-state index contributed by atoms with van der Waals surface area (Å²) < 4.78 is 53.2. The third-order valence-corrected chi connectivity index (χ3v) is 5.16. The van der Waals surface area contributed by atoms with E-state index in [4.69, 9.17) is 10.9 Å². The number of carbonyl (C=O) groups is 1. The predicted octanol–water partition coefficient (Wildman–Crippen LogP) is 2.53. The second-order valence-corrected chi connectivity index (χ2v) is 7.22. The molecule has 0 aliphatic heterocycles. The van der Waals surface area contributed by atoms with Crippen molar-refractivity contribution in [1.29, 1.82) is 0 Å². The molecule has 3 unspecified atom stereocenters. The van der Waals surface area contributed by atoms with Crippen LogP contribution in [-0.4, -0.2) is 34.3 Å². The molecule has 27 heavy (non-hydrogen) atoms. The Balaban J connectivity index is 2.02. The molecule has 5 N–H and O–H groups in total. The molecule has 0 spiro atoms. The molecule has 0 saturated heterocycles. The van der Waals surface area contributed by atoms with Crippen LogP contribution in [0.1, 0.15) is 37.7 Å². The zero-order valence-corrected chi connectivity index (χ0v) is 14.7. The molecule has 2 rings (SSSR count). The Labute approximate surface area is 154 Å². The zero-order valence-electron chi connectivity index (χ0n) is 14.7. The number of alkyl halides is 2. The molecular formula is C18H24F4N2O3. The first-order chi connectivity index (χ1) is 12.6. The van der Waals surface area contributed by atoms with Crippen molar-refractivity contribution in [2.45, 2.75) is 56.6 Å². The Morgan fingerprint density at radius 2 is 1.78 bits per heavy atom. The van der Waals surface area contributed by atoms with E-state index in [0.717, 1.165) is 12.1 Å². The lowest BCUT2D eigenvalue weighted by molar-refractivity contribution is -0.139. The number of hydrogen-bond donors (Lipinski definition) is 4. The molecule has 3 atom stereocenters. The van der Waals surface area contributed by atoms with E-state index in [1.165, 1.54) is 5.48 Å². The number of nitrogens with one attached hydrogen (secondary N) is 1. The number of nitrogens with two attached hydrogens (primary N) is 1. The monoisotopic (exact) mass is 392 g/mol. The summed E-state index contributed by atoms with van der Waals surface area (Å²) in [5, 5.41) is 19.3. The van der Waals surface area contributed by atoms with Crippen molar-refractivity contribution in [2.24, 2.45) is 17.6 Å². The topological polar surface area (TPSA) is 95.6 Å². The van der Waals surface area contributed by atoms with Gasteiger partial charge in [0.05, 0.1) is 6.10 Å². The number of benzene rings is 1. The van der Waals surface area contributed by atoms with Gasteiger partial charge in [0.25, 0.3) is 0 Å². The van der Waals surface area contributed by atoms with Gasteiger partial charge in [-0.25, -0.2) is 23.0 Å². The van der Waals surface area contributed by atoms with Crippen LogP contribution in [0, 0.1) is 23.5 Å². The summed E-state index contributed by atoms with van der Waals surface area (Å²) >= 11 is 0. The summed E-state index contributed by atoms with van der Waals surface area (Å²) in [7, 11) is 0. The molecule has 1 amide bonds. The molecule has 152 valence electrons. The van der Waals surface area contributed by atoms with Gasteiger partial charge in [-0.15, -0.1) is 0 Å². The van der Waals surface area contributed by atoms with Crippen LogP contribution < -0.4 is 11.2 Å². The van der Waals surface area contributed by atoms with Gasteiger partial charge in [-0.05, 0) is 49.3 Å². The maximum atomic E-state index is 13.3. The first-order valence-electron chi connectivity index (χ1n) is 8.81. The highest BCUT2D eigenvalue weighted by atomic mass is 19.3. The highest BCUT2D eigenvalue weighted by Crippen LogP contribution is 2.40. The maximum Gasteiger partial charge on any atom is 0.248 e. The molecule has 1 aromatic carbocycles. The Morgan fingerprint density at radius 1 is 1.22 bits per heavy atom. The molecule has 1 saturated carbocycles. The number of rotatable bonds is 7. The SMILES string of the molecule is NC(Cc1cc(F)cc(F)c1)C(O)CC(C(=O)NO)C1CCC(F)(F)CC1. The smallest absolute Gasteiger partial charge is 0.248 e. The normalized spacial score (nSPS) is 20.7. The van der Waals surface area contributed by atoms with E-state index >= 15 is 0 Å². The van der Waals surface area contributed by atoms with Crippen molar-refractivity contribution in [3.05, 3.63) is 35.4 Å². The fraction of sp³-hybridized carbons (Fsp3) is 0.611. The summed E-state index contributed by atoms with van der Waals surface area (Å²) in [6.45, 7) is 0. The highest BCUT2D eigenvalue weighted by Gasteiger charge is 2.40. The second-order valence-electron chi connectivity index (χ2n) is 7.22. The van der Waals surface area contributed by atoms with Crippen molar-refractivity contribution in [2.75, 3.05) is 0 Å². The lowest BCUT2D eigenvalue weighted by Gasteiger charge is -2.34. The Kier molecular flexibility index (Phi) is 7.19. The Morgan fingerprint density at radius 3 is 2.30 bits per heavy atom. The minimum Gasteiger partial charge on any atom is -0.391 e. The van der Waals surface area contributed by atoms with Crippen molar-refractivity contribution in [1.82, 2.24) is 5.48 Å². The van der Waals surface area contributed by atoms with Crippen molar-refractivity contribution < 1.29 is 32.7 Å². The fourth-order valence-corrected chi connectivity index (χ4v) is 3.63. The van der Waals surface area contributed by atoms with Crippen LogP contribution >= 0.6 is 0 Å². The van der Waals surface area contributed by atoms with E-state index in [1.54, 1.807) is 0 Å². The van der Waals surface area contributed by atoms with Gasteiger partial charge in [-0.1, -0.05) is 0 Å². The van der Waals surface area contributed by atoms with E-state index < -0.39 is 47.4 Å². The van der Waals surface area contributed by atoms with Crippen LogP contribution in [0.25, 0.3) is 0 Å². The van der Waals surface area contributed by atoms with Crippen molar-refractivity contribution >= 4 is 5.91 Å². The molecule has 0 aromatic heterocycles. The summed E-state index contributed by atoms with van der Waals surface area (Å²) in [6.07, 6.45) is -1.96. The standard InChI is InChI=1S/C18H24F4N2O3/c19-12-5-10(6-13(20)8-12)7-15(23)16(25)9-14(17(26)24-27)11-1-3-18(21,22)4-2-11/h5-6,8,11,14-16,25,27H,1-4,7,9,23H2,(H,24,26). The summed E-state index contributed by atoms with van der Waals surface area (Å²) in [5.74, 6) is -6.40. The number of hydroxylamine groups is 1. The summed E-state index contributed by atoms with van der Waals surface area (Å²) in [6, 6.07) is 1.98. The van der Waals surface area contributed by atoms with Crippen LogP contribution in [0.2, 0.25) is 0 Å². The molecule has 1 aliphatic carbocycles. The van der Waals surface area contributed by atoms with Crippen molar-refractivity contribution in [3.63, 3.8) is 0 Å². The average molecular weight is 392 g/mol. The lowest BCUT2D eigenvalue weighted by atomic mass is 9.75. The first-order valence-corrected chi connectivity index (χ1v) is 8.81. The number of halogens is 4. The zero-order chi connectivity index (χ0) is 20.2. The van der Waals surface area contributed by atoms with Crippen LogP contribution in [0.4, 0.5) is 17.6 Å². The van der Waals surface area contributed by atoms with Crippen LogP contribution in [0.5, 0.6) is 0 Å². The number of hydrogen-bond acceptors (Lipinski definition) is 4. The average Bonchev–Trinajstić information content (AvgIpc) is 2.58. The van der Waals surface area contributed by atoms with Crippen LogP contribution in [0.15, 0.2) is 18.2 Å². The van der Waals surface area contributed by atoms with Crippen LogP contribution in [-0.2, 0) is 11.2 Å². The quantitative estimate of drug-likeness (QED) is 0.326. The highest BCUT2D eigenvalue weighted by molar-refractivity contribution is 5.77. The fourth-order valence-electron chi connectivity index (χ4n) is 3.63. The first kappa shape index (κ1) is 21.6. The molecule has 0 radical (unpaired) electrons. The largest absolute Gasteiger partial charge is 0.391 e. The third-order valence-electron chi connectivity index (χ3n) is 5.16. The number of aliphatic hydroxyl groups excluding tert-OH is 1. The van der Waals surface area contributed by atoms with E-state index in [0.29, 0.717) is 6.07 Å². The van der Waals surface area contributed by atoms with Crippen molar-refractivity contribution in [3.8, 4) is 0 Å². The lowest BCUT2D eigenvalue weighted by Crippen LogP contribution is -2.43. The summed E-state index contributed by atoms with van der Waals surface area (Å²) in [4.78, 5) is 12.0. The van der Waals surface area contributed by atoms with E-state index in [-0.39, 0.29) is 44.1 Å². The summed E-state index contributed by atoms with van der Waals surface area (Å²) in [5.41, 5.74) is 7.67. The van der Waals surface area contributed by atoms with Crippen LogP contribution in [0.3, 0.4) is 0 Å². The number of amides is 1.